The average molecular weight is 391 g/mol. The van der Waals surface area contributed by atoms with E-state index in [2.05, 4.69) is 14.9 Å². The van der Waals surface area contributed by atoms with Crippen molar-refractivity contribution in [2.75, 3.05) is 5.75 Å². The molecule has 0 spiro atoms. The molecule has 0 aliphatic heterocycles. The molecule has 0 saturated carbocycles. The summed E-state index contributed by atoms with van der Waals surface area (Å²) in [6.45, 7) is 1.58. The summed E-state index contributed by atoms with van der Waals surface area (Å²) in [5.74, 6) is -1.10. The van der Waals surface area contributed by atoms with E-state index < -0.39 is 36.7 Å². The third-order valence-corrected chi connectivity index (χ3v) is 6.01. The average Bonchev–Trinajstić information content (AvgIpc) is 3.03. The predicted molar refractivity (Wildman–Crippen MR) is 87.1 cm³/mol. The molecule has 1 aromatic heterocycles. The van der Waals surface area contributed by atoms with Gasteiger partial charge in [-0.25, -0.2) is 25.9 Å². The highest BCUT2D eigenvalue weighted by molar-refractivity contribution is 7.90. The summed E-state index contributed by atoms with van der Waals surface area (Å²) < 4.78 is 68.0. The Morgan fingerprint density at radius 3 is 2.44 bits per heavy atom. The smallest absolute Gasteiger partial charge is 0.335 e. The van der Waals surface area contributed by atoms with Gasteiger partial charge in [0.05, 0.1) is 18.1 Å². The first-order chi connectivity index (χ1) is 11.7. The lowest BCUT2D eigenvalue weighted by molar-refractivity contribution is 0.393. The molecule has 11 heteroatoms. The van der Waals surface area contributed by atoms with Gasteiger partial charge in [0.2, 0.25) is 25.8 Å². The van der Waals surface area contributed by atoms with Crippen LogP contribution in [-0.2, 0) is 32.2 Å². The lowest BCUT2D eigenvalue weighted by Crippen LogP contribution is -2.26. The van der Waals surface area contributed by atoms with E-state index in [0.29, 0.717) is 12.0 Å². The summed E-state index contributed by atoms with van der Waals surface area (Å²) in [5, 5.41) is 6.38. The van der Waals surface area contributed by atoms with Gasteiger partial charge in [-0.3, -0.25) is 0 Å². The second-order valence-electron chi connectivity index (χ2n) is 5.34. The summed E-state index contributed by atoms with van der Waals surface area (Å²) in [5.41, 5.74) is 0.362. The summed E-state index contributed by atoms with van der Waals surface area (Å²) in [7, 11) is -7.40. The molecule has 0 radical (unpaired) electrons. The molecular formula is C14H18FN3O5S2. The maximum Gasteiger partial charge on any atom is 0.335 e. The van der Waals surface area contributed by atoms with Crippen molar-refractivity contribution >= 4 is 19.9 Å². The van der Waals surface area contributed by atoms with Crippen molar-refractivity contribution in [2.45, 2.75) is 37.3 Å². The normalized spacial score (nSPS) is 12.4. The highest BCUT2D eigenvalue weighted by Crippen LogP contribution is 2.16. The van der Waals surface area contributed by atoms with Crippen LogP contribution in [0.1, 0.15) is 31.2 Å². The molecule has 0 amide bonds. The van der Waals surface area contributed by atoms with Gasteiger partial charge in [0, 0.05) is 0 Å². The molecule has 8 nitrogen and oxygen atoms in total. The Bertz CT molecular complexity index is 908. The molecule has 0 saturated heterocycles. The van der Waals surface area contributed by atoms with Crippen LogP contribution >= 0.6 is 0 Å². The number of aromatic nitrogens is 2. The predicted octanol–water partition coefficient (Wildman–Crippen LogP) is 1.40. The SMILES string of the molecule is CCCCS(=O)(=O)NCc1nnc(S(=O)(=O)Cc2ccc(F)cc2)o1. The van der Waals surface area contributed by atoms with Crippen molar-refractivity contribution in [1.29, 1.82) is 0 Å². The van der Waals surface area contributed by atoms with Crippen LogP contribution in [0, 0.1) is 5.82 Å². The van der Waals surface area contributed by atoms with Crippen LogP contribution in [0.3, 0.4) is 0 Å². The van der Waals surface area contributed by atoms with Crippen LogP contribution in [0.15, 0.2) is 33.9 Å². The van der Waals surface area contributed by atoms with Crippen LogP contribution in [0.5, 0.6) is 0 Å². The van der Waals surface area contributed by atoms with Gasteiger partial charge in [0.25, 0.3) is 0 Å². The Kier molecular flexibility index (Phi) is 6.25. The van der Waals surface area contributed by atoms with Gasteiger partial charge in [-0.2, -0.15) is 0 Å². The fourth-order valence-corrected chi connectivity index (χ4v) is 4.17. The minimum Gasteiger partial charge on any atom is -0.411 e. The molecule has 0 bridgehead atoms. The molecule has 1 aromatic carbocycles. The molecule has 25 heavy (non-hydrogen) atoms. The first-order valence-electron chi connectivity index (χ1n) is 7.49. The van der Waals surface area contributed by atoms with E-state index in [1.54, 1.807) is 0 Å². The summed E-state index contributed by atoms with van der Waals surface area (Å²) in [6, 6.07) is 4.97. The maximum atomic E-state index is 12.9. The fourth-order valence-electron chi connectivity index (χ4n) is 1.88. The van der Waals surface area contributed by atoms with Crippen molar-refractivity contribution < 1.29 is 25.6 Å². The number of nitrogens with one attached hydrogen (secondary N) is 1. The van der Waals surface area contributed by atoms with E-state index in [1.807, 2.05) is 6.92 Å². The minimum atomic E-state index is -3.91. The third kappa shape index (κ3) is 5.87. The third-order valence-electron chi connectivity index (χ3n) is 3.19. The molecule has 1 heterocycles. The number of sulfone groups is 1. The zero-order chi connectivity index (χ0) is 18.5. The molecule has 2 rings (SSSR count). The van der Waals surface area contributed by atoms with E-state index in [4.69, 9.17) is 4.42 Å². The van der Waals surface area contributed by atoms with E-state index >= 15 is 0 Å². The second kappa shape index (κ2) is 8.02. The highest BCUT2D eigenvalue weighted by Gasteiger charge is 2.23. The number of unbranched alkanes of at least 4 members (excludes halogenated alkanes) is 1. The van der Waals surface area contributed by atoms with Crippen molar-refractivity contribution in [2.24, 2.45) is 0 Å². The number of hydrogen-bond acceptors (Lipinski definition) is 7. The molecule has 0 fully saturated rings. The van der Waals surface area contributed by atoms with Crippen LogP contribution in [-0.4, -0.2) is 32.8 Å². The van der Waals surface area contributed by atoms with Crippen LogP contribution in [0.2, 0.25) is 0 Å². The summed E-state index contributed by atoms with van der Waals surface area (Å²) in [4.78, 5) is 0. The van der Waals surface area contributed by atoms with Gasteiger partial charge in [-0.05, 0) is 24.1 Å². The molecular weight excluding hydrogens is 373 g/mol. The lowest BCUT2D eigenvalue weighted by Gasteiger charge is -2.03. The van der Waals surface area contributed by atoms with E-state index in [1.165, 1.54) is 12.1 Å². The van der Waals surface area contributed by atoms with Crippen LogP contribution in [0.25, 0.3) is 0 Å². The van der Waals surface area contributed by atoms with Gasteiger partial charge in [-0.15, -0.1) is 5.10 Å². The Hall–Kier alpha value is -1.85. The fraction of sp³-hybridized carbons (Fsp3) is 0.429. The molecule has 0 aliphatic carbocycles. The van der Waals surface area contributed by atoms with Crippen molar-refractivity contribution in [1.82, 2.24) is 14.9 Å². The largest absolute Gasteiger partial charge is 0.411 e. The number of nitrogens with zero attached hydrogens (tertiary/aromatic N) is 2. The maximum absolute atomic E-state index is 12.9. The van der Waals surface area contributed by atoms with Crippen molar-refractivity contribution in [3.8, 4) is 0 Å². The summed E-state index contributed by atoms with van der Waals surface area (Å²) >= 11 is 0. The Labute approximate surface area is 145 Å². The van der Waals surface area contributed by atoms with Crippen molar-refractivity contribution in [3.05, 3.63) is 41.5 Å². The number of rotatable bonds is 9. The number of benzene rings is 1. The quantitative estimate of drug-likeness (QED) is 0.686. The Morgan fingerprint density at radius 2 is 1.80 bits per heavy atom. The number of halogens is 1. The van der Waals surface area contributed by atoms with E-state index in [9.17, 15) is 21.2 Å². The topological polar surface area (TPSA) is 119 Å². The van der Waals surface area contributed by atoms with Crippen LogP contribution in [0.4, 0.5) is 4.39 Å². The summed E-state index contributed by atoms with van der Waals surface area (Å²) in [6.07, 6.45) is 1.24. The molecule has 1 N–H and O–H groups in total. The van der Waals surface area contributed by atoms with E-state index in [-0.39, 0.29) is 18.2 Å². The molecule has 0 aliphatic rings. The number of sulfonamides is 1. The monoisotopic (exact) mass is 391 g/mol. The van der Waals surface area contributed by atoms with Gasteiger partial charge >= 0.3 is 5.22 Å². The first-order valence-corrected chi connectivity index (χ1v) is 10.8. The standard InChI is InChI=1S/C14H18FN3O5S2/c1-2-3-8-25(21,22)16-9-13-17-18-14(23-13)24(19,20)10-11-4-6-12(15)7-5-11/h4-7,16H,2-3,8-10H2,1H3. The Balaban J connectivity index is 2.03. The molecule has 0 atom stereocenters. The molecule has 138 valence electrons. The lowest BCUT2D eigenvalue weighted by atomic mass is 10.2. The molecule has 2 aromatic rings. The zero-order valence-electron chi connectivity index (χ0n) is 13.5. The number of hydrogen-bond donors (Lipinski definition) is 1. The second-order valence-corrected chi connectivity index (χ2v) is 9.13. The molecule has 0 unspecified atom stereocenters. The Morgan fingerprint density at radius 1 is 1.12 bits per heavy atom. The zero-order valence-corrected chi connectivity index (χ0v) is 15.1. The highest BCUT2D eigenvalue weighted by atomic mass is 32.2. The van der Waals surface area contributed by atoms with Gasteiger partial charge < -0.3 is 4.42 Å². The van der Waals surface area contributed by atoms with E-state index in [0.717, 1.165) is 18.6 Å². The van der Waals surface area contributed by atoms with Crippen LogP contribution < -0.4 is 4.72 Å². The first kappa shape index (κ1) is 19.5. The van der Waals surface area contributed by atoms with Crippen molar-refractivity contribution in [3.63, 3.8) is 0 Å². The van der Waals surface area contributed by atoms with Gasteiger partial charge in [0.15, 0.2) is 0 Å². The van der Waals surface area contributed by atoms with Gasteiger partial charge in [-0.1, -0.05) is 30.6 Å². The minimum absolute atomic E-state index is 0.0344. The van der Waals surface area contributed by atoms with Gasteiger partial charge in [0.1, 0.15) is 5.82 Å².